The van der Waals surface area contributed by atoms with Crippen LogP contribution in [0, 0.1) is 0 Å². The SMILES string of the molecule is CCCN(CC(N)=S)CC(F)(F)c1ccccc1. The molecule has 0 amide bonds. The lowest BCUT2D eigenvalue weighted by Crippen LogP contribution is -2.40. The van der Waals surface area contributed by atoms with Crippen molar-refractivity contribution in [1.29, 1.82) is 0 Å². The van der Waals surface area contributed by atoms with Crippen LogP contribution in [-0.4, -0.2) is 29.5 Å². The van der Waals surface area contributed by atoms with Gasteiger partial charge in [-0.2, -0.15) is 8.78 Å². The molecule has 0 saturated carbocycles. The summed E-state index contributed by atoms with van der Waals surface area (Å²) < 4.78 is 28.1. The first-order valence-corrected chi connectivity index (χ1v) is 6.30. The van der Waals surface area contributed by atoms with Crippen molar-refractivity contribution in [3.05, 3.63) is 35.9 Å². The highest BCUT2D eigenvalue weighted by Crippen LogP contribution is 2.28. The average molecular weight is 272 g/mol. The number of nitrogens with two attached hydrogens (primary N) is 1. The van der Waals surface area contributed by atoms with Gasteiger partial charge in [0.25, 0.3) is 5.92 Å². The minimum absolute atomic E-state index is 0.0223. The smallest absolute Gasteiger partial charge is 0.285 e. The average Bonchev–Trinajstić information content (AvgIpc) is 2.29. The number of nitrogens with zero attached hydrogens (tertiary/aromatic N) is 1. The largest absolute Gasteiger partial charge is 0.392 e. The lowest BCUT2D eigenvalue weighted by atomic mass is 10.1. The standard InChI is InChI=1S/C13H18F2N2S/c1-2-8-17(9-12(16)18)10-13(14,15)11-6-4-3-5-7-11/h3-7H,2,8-10H2,1H3,(H2,16,18). The van der Waals surface area contributed by atoms with E-state index in [1.807, 2.05) is 6.92 Å². The molecule has 0 heterocycles. The van der Waals surface area contributed by atoms with E-state index >= 15 is 0 Å². The van der Waals surface area contributed by atoms with Gasteiger partial charge in [0.15, 0.2) is 0 Å². The highest BCUT2D eigenvalue weighted by molar-refractivity contribution is 7.80. The van der Waals surface area contributed by atoms with Crippen LogP contribution in [-0.2, 0) is 5.92 Å². The van der Waals surface area contributed by atoms with Crippen LogP contribution in [0.5, 0.6) is 0 Å². The fourth-order valence-corrected chi connectivity index (χ4v) is 1.99. The molecule has 0 spiro atoms. The molecule has 100 valence electrons. The van der Waals surface area contributed by atoms with Gasteiger partial charge in [0.2, 0.25) is 0 Å². The Morgan fingerprint density at radius 3 is 2.44 bits per heavy atom. The second kappa shape index (κ2) is 6.75. The van der Waals surface area contributed by atoms with Gasteiger partial charge in [-0.05, 0) is 13.0 Å². The van der Waals surface area contributed by atoms with E-state index in [4.69, 9.17) is 18.0 Å². The third kappa shape index (κ3) is 4.66. The maximum atomic E-state index is 14.1. The van der Waals surface area contributed by atoms with E-state index in [0.717, 1.165) is 6.42 Å². The molecule has 1 rings (SSSR count). The molecular weight excluding hydrogens is 254 g/mol. The van der Waals surface area contributed by atoms with E-state index in [-0.39, 0.29) is 23.6 Å². The van der Waals surface area contributed by atoms with Crippen molar-refractivity contribution >= 4 is 17.2 Å². The summed E-state index contributed by atoms with van der Waals surface area (Å²) in [7, 11) is 0. The highest BCUT2D eigenvalue weighted by atomic mass is 32.1. The lowest BCUT2D eigenvalue weighted by molar-refractivity contribution is -0.0344. The van der Waals surface area contributed by atoms with Crippen LogP contribution in [0.1, 0.15) is 18.9 Å². The quantitative estimate of drug-likeness (QED) is 0.774. The summed E-state index contributed by atoms with van der Waals surface area (Å²) in [5.74, 6) is -2.89. The monoisotopic (exact) mass is 272 g/mol. The first kappa shape index (κ1) is 15.0. The first-order valence-electron chi connectivity index (χ1n) is 5.89. The van der Waals surface area contributed by atoms with Crippen molar-refractivity contribution in [3.63, 3.8) is 0 Å². The van der Waals surface area contributed by atoms with E-state index in [9.17, 15) is 8.78 Å². The summed E-state index contributed by atoms with van der Waals surface area (Å²) >= 11 is 4.78. The number of rotatable bonds is 7. The molecular formula is C13H18F2N2S. The molecule has 0 aliphatic heterocycles. The van der Waals surface area contributed by atoms with Gasteiger partial charge in [-0.1, -0.05) is 49.5 Å². The molecule has 2 nitrogen and oxygen atoms in total. The summed E-state index contributed by atoms with van der Waals surface area (Å²) in [6, 6.07) is 7.82. The summed E-state index contributed by atoms with van der Waals surface area (Å²) in [4.78, 5) is 1.84. The van der Waals surface area contributed by atoms with Crippen LogP contribution in [0.4, 0.5) is 8.78 Å². The predicted molar refractivity (Wildman–Crippen MR) is 73.9 cm³/mol. The van der Waals surface area contributed by atoms with Gasteiger partial charge in [-0.15, -0.1) is 0 Å². The van der Waals surface area contributed by atoms with Crippen LogP contribution in [0.25, 0.3) is 0 Å². The fraction of sp³-hybridized carbons (Fsp3) is 0.462. The molecule has 0 aromatic heterocycles. The number of hydrogen-bond acceptors (Lipinski definition) is 2. The Morgan fingerprint density at radius 2 is 1.94 bits per heavy atom. The highest BCUT2D eigenvalue weighted by Gasteiger charge is 2.33. The van der Waals surface area contributed by atoms with E-state index < -0.39 is 5.92 Å². The molecule has 1 aromatic rings. The molecule has 1 aromatic carbocycles. The van der Waals surface area contributed by atoms with Crippen molar-refractivity contribution in [1.82, 2.24) is 4.90 Å². The maximum Gasteiger partial charge on any atom is 0.285 e. The Balaban J connectivity index is 2.75. The Morgan fingerprint density at radius 1 is 1.33 bits per heavy atom. The summed E-state index contributed by atoms with van der Waals surface area (Å²) in [6.07, 6.45) is 0.785. The summed E-state index contributed by atoms with van der Waals surface area (Å²) in [5, 5.41) is 0. The zero-order valence-electron chi connectivity index (χ0n) is 10.4. The van der Waals surface area contributed by atoms with Crippen LogP contribution >= 0.6 is 12.2 Å². The van der Waals surface area contributed by atoms with Crippen molar-refractivity contribution in [2.75, 3.05) is 19.6 Å². The molecule has 0 aliphatic rings. The van der Waals surface area contributed by atoms with Crippen LogP contribution in [0.3, 0.4) is 0 Å². The lowest BCUT2D eigenvalue weighted by Gasteiger charge is -2.26. The molecule has 0 saturated heterocycles. The minimum atomic E-state index is -2.89. The van der Waals surface area contributed by atoms with Crippen molar-refractivity contribution in [2.45, 2.75) is 19.3 Å². The Hall–Kier alpha value is -1.07. The molecule has 0 atom stereocenters. The van der Waals surface area contributed by atoms with Crippen molar-refractivity contribution < 1.29 is 8.78 Å². The topological polar surface area (TPSA) is 29.3 Å². The number of hydrogen-bond donors (Lipinski definition) is 1. The van der Waals surface area contributed by atoms with E-state index in [1.165, 1.54) is 12.1 Å². The second-order valence-electron chi connectivity index (χ2n) is 4.25. The third-order valence-electron chi connectivity index (χ3n) is 2.54. The molecule has 0 aliphatic carbocycles. The number of halogens is 2. The van der Waals surface area contributed by atoms with Crippen LogP contribution in [0.15, 0.2) is 30.3 Å². The second-order valence-corrected chi connectivity index (χ2v) is 4.77. The van der Waals surface area contributed by atoms with Gasteiger partial charge in [0, 0.05) is 12.1 Å². The van der Waals surface area contributed by atoms with E-state index in [2.05, 4.69) is 0 Å². The van der Waals surface area contributed by atoms with Gasteiger partial charge >= 0.3 is 0 Å². The zero-order valence-corrected chi connectivity index (χ0v) is 11.2. The molecule has 0 bridgehead atoms. The van der Waals surface area contributed by atoms with Gasteiger partial charge in [-0.3, -0.25) is 4.90 Å². The van der Waals surface area contributed by atoms with Crippen LogP contribution < -0.4 is 5.73 Å². The maximum absolute atomic E-state index is 14.1. The normalized spacial score (nSPS) is 11.8. The number of thiocarbonyl (C=S) groups is 1. The van der Waals surface area contributed by atoms with Gasteiger partial charge in [0.05, 0.1) is 11.5 Å². The van der Waals surface area contributed by atoms with Gasteiger partial charge in [-0.25, -0.2) is 0 Å². The molecule has 0 radical (unpaired) electrons. The van der Waals surface area contributed by atoms with Crippen molar-refractivity contribution in [3.8, 4) is 0 Å². The van der Waals surface area contributed by atoms with Gasteiger partial charge < -0.3 is 5.73 Å². The Bertz CT molecular complexity index is 382. The first-order chi connectivity index (χ1) is 8.45. The predicted octanol–water partition coefficient (Wildman–Crippen LogP) is 2.78. The Labute approximate surface area is 112 Å². The Kier molecular flexibility index (Phi) is 5.62. The van der Waals surface area contributed by atoms with Gasteiger partial charge in [0.1, 0.15) is 0 Å². The third-order valence-corrected chi connectivity index (χ3v) is 2.67. The molecule has 18 heavy (non-hydrogen) atoms. The molecule has 0 unspecified atom stereocenters. The summed E-state index contributed by atoms with van der Waals surface area (Å²) in [5.41, 5.74) is 5.45. The zero-order chi connectivity index (χ0) is 13.6. The summed E-state index contributed by atoms with van der Waals surface area (Å²) in [6.45, 7) is 2.36. The number of benzene rings is 1. The number of alkyl halides is 2. The van der Waals surface area contributed by atoms with E-state index in [1.54, 1.807) is 23.1 Å². The fourth-order valence-electron chi connectivity index (χ4n) is 1.80. The van der Waals surface area contributed by atoms with Crippen LogP contribution in [0.2, 0.25) is 0 Å². The molecule has 0 fully saturated rings. The molecule has 5 heteroatoms. The minimum Gasteiger partial charge on any atom is -0.392 e. The van der Waals surface area contributed by atoms with Crippen molar-refractivity contribution in [2.24, 2.45) is 5.73 Å². The molecule has 2 N–H and O–H groups in total. The van der Waals surface area contributed by atoms with E-state index in [0.29, 0.717) is 6.54 Å².